The number of esters is 2. The molecule has 0 amide bonds. The van der Waals surface area contributed by atoms with Gasteiger partial charge in [-0.3, -0.25) is 9.59 Å². The van der Waals surface area contributed by atoms with Gasteiger partial charge in [-0.2, -0.15) is 0 Å². The SMILES string of the molecule is COC(=O)[C@]1(C=O)CCCC2=C1CC[C@@H](C)[C@]21CC(c2ccoc2)OC1=O. The number of methoxy groups -OCH3 is 1. The van der Waals surface area contributed by atoms with Gasteiger partial charge in [0.05, 0.1) is 25.1 Å². The molecule has 6 heteroatoms. The summed E-state index contributed by atoms with van der Waals surface area (Å²) >= 11 is 0. The third kappa shape index (κ3) is 2.35. The number of aldehydes is 1. The number of hydrogen-bond donors (Lipinski definition) is 0. The van der Waals surface area contributed by atoms with E-state index in [4.69, 9.17) is 13.9 Å². The molecule has 27 heavy (non-hydrogen) atoms. The fraction of sp³-hybridized carbons (Fsp3) is 0.571. The number of carbonyl (C=O) groups is 3. The first-order valence-corrected chi connectivity index (χ1v) is 9.50. The molecule has 1 aliphatic heterocycles. The Morgan fingerprint density at radius 1 is 1.33 bits per heavy atom. The van der Waals surface area contributed by atoms with Gasteiger partial charge in [0.15, 0.2) is 0 Å². The Morgan fingerprint density at radius 2 is 2.15 bits per heavy atom. The Balaban J connectivity index is 1.84. The average molecular weight is 372 g/mol. The van der Waals surface area contributed by atoms with Crippen LogP contribution >= 0.6 is 0 Å². The van der Waals surface area contributed by atoms with Crippen LogP contribution < -0.4 is 0 Å². The minimum Gasteiger partial charge on any atom is -0.472 e. The molecule has 1 spiro atoms. The summed E-state index contributed by atoms with van der Waals surface area (Å²) in [7, 11) is 1.31. The van der Waals surface area contributed by atoms with Crippen molar-refractivity contribution in [2.45, 2.75) is 51.6 Å². The Morgan fingerprint density at radius 3 is 2.81 bits per heavy atom. The van der Waals surface area contributed by atoms with Gasteiger partial charge in [-0.05, 0) is 49.7 Å². The van der Waals surface area contributed by atoms with Crippen LogP contribution in [0.1, 0.15) is 57.1 Å². The highest BCUT2D eigenvalue weighted by Crippen LogP contribution is 2.61. The van der Waals surface area contributed by atoms with Gasteiger partial charge in [-0.1, -0.05) is 12.5 Å². The minimum atomic E-state index is -1.26. The van der Waals surface area contributed by atoms with Crippen LogP contribution in [0.2, 0.25) is 0 Å². The minimum absolute atomic E-state index is 0.0840. The van der Waals surface area contributed by atoms with Gasteiger partial charge in [0, 0.05) is 12.0 Å². The predicted octanol–water partition coefficient (Wildman–Crippen LogP) is 3.52. The summed E-state index contributed by atoms with van der Waals surface area (Å²) in [5.74, 6) is -0.687. The van der Waals surface area contributed by atoms with Crippen molar-refractivity contribution in [3.8, 4) is 0 Å². The van der Waals surface area contributed by atoms with Crippen molar-refractivity contribution in [3.05, 3.63) is 35.3 Å². The van der Waals surface area contributed by atoms with Crippen LogP contribution in [0.25, 0.3) is 0 Å². The van der Waals surface area contributed by atoms with Gasteiger partial charge in [0.1, 0.15) is 17.8 Å². The van der Waals surface area contributed by atoms with E-state index in [0.717, 1.165) is 29.4 Å². The molecule has 2 aliphatic carbocycles. The lowest BCUT2D eigenvalue weighted by Crippen LogP contribution is -2.47. The van der Waals surface area contributed by atoms with Crippen LogP contribution in [0, 0.1) is 16.7 Å². The maximum Gasteiger partial charge on any atom is 0.323 e. The van der Waals surface area contributed by atoms with E-state index >= 15 is 0 Å². The summed E-state index contributed by atoms with van der Waals surface area (Å²) in [4.78, 5) is 37.8. The second-order valence-corrected chi connectivity index (χ2v) is 7.96. The van der Waals surface area contributed by atoms with Crippen molar-refractivity contribution in [1.29, 1.82) is 0 Å². The lowest BCUT2D eigenvalue weighted by Gasteiger charge is -2.46. The highest BCUT2D eigenvalue weighted by atomic mass is 16.6. The maximum atomic E-state index is 13.2. The molecule has 1 fully saturated rings. The molecule has 4 atom stereocenters. The van der Waals surface area contributed by atoms with Crippen LogP contribution in [0.15, 0.2) is 34.2 Å². The molecule has 6 nitrogen and oxygen atoms in total. The largest absolute Gasteiger partial charge is 0.472 e. The van der Waals surface area contributed by atoms with Crippen molar-refractivity contribution < 1.29 is 28.3 Å². The van der Waals surface area contributed by atoms with Crippen LogP contribution in [0.3, 0.4) is 0 Å². The van der Waals surface area contributed by atoms with Gasteiger partial charge in [-0.15, -0.1) is 0 Å². The first-order valence-electron chi connectivity index (χ1n) is 9.50. The van der Waals surface area contributed by atoms with Crippen LogP contribution in [0.5, 0.6) is 0 Å². The maximum absolute atomic E-state index is 13.2. The number of hydrogen-bond acceptors (Lipinski definition) is 6. The molecular formula is C21H24O6. The summed E-state index contributed by atoms with van der Waals surface area (Å²) in [6, 6.07) is 1.81. The number of cyclic esters (lactones) is 1. The topological polar surface area (TPSA) is 82.8 Å². The normalized spacial score (nSPS) is 35.7. The zero-order chi connectivity index (χ0) is 19.2. The highest BCUT2D eigenvalue weighted by Gasteiger charge is 2.60. The monoisotopic (exact) mass is 372 g/mol. The van der Waals surface area contributed by atoms with Gasteiger partial charge in [0.25, 0.3) is 0 Å². The number of fused-ring (bicyclic) bond motifs is 1. The van der Waals surface area contributed by atoms with Gasteiger partial charge in [0.2, 0.25) is 0 Å². The van der Waals surface area contributed by atoms with E-state index < -0.39 is 16.8 Å². The van der Waals surface area contributed by atoms with E-state index in [1.54, 1.807) is 12.5 Å². The summed E-state index contributed by atoms with van der Waals surface area (Å²) in [6.07, 6.45) is 7.23. The Kier molecular flexibility index (Phi) is 4.24. The molecule has 0 N–H and O–H groups in total. The average Bonchev–Trinajstić information content (AvgIpc) is 3.33. The van der Waals surface area contributed by atoms with Crippen molar-refractivity contribution in [2.75, 3.05) is 7.11 Å². The fourth-order valence-electron chi connectivity index (χ4n) is 5.42. The van der Waals surface area contributed by atoms with E-state index in [-0.39, 0.29) is 18.0 Å². The van der Waals surface area contributed by atoms with Crippen molar-refractivity contribution in [1.82, 2.24) is 0 Å². The number of furan rings is 1. The molecule has 4 rings (SSSR count). The first-order chi connectivity index (χ1) is 13.0. The van der Waals surface area contributed by atoms with Crippen molar-refractivity contribution in [2.24, 2.45) is 16.7 Å². The second kappa shape index (κ2) is 6.36. The molecule has 0 aromatic carbocycles. The van der Waals surface area contributed by atoms with E-state index in [1.807, 2.05) is 6.07 Å². The summed E-state index contributed by atoms with van der Waals surface area (Å²) in [6.45, 7) is 2.07. The summed E-state index contributed by atoms with van der Waals surface area (Å²) in [5, 5.41) is 0. The van der Waals surface area contributed by atoms with E-state index in [9.17, 15) is 14.4 Å². The smallest absolute Gasteiger partial charge is 0.323 e. The molecule has 1 aromatic rings. The van der Waals surface area contributed by atoms with Crippen LogP contribution in [0.4, 0.5) is 0 Å². The van der Waals surface area contributed by atoms with Crippen LogP contribution in [-0.4, -0.2) is 25.3 Å². The van der Waals surface area contributed by atoms with Crippen molar-refractivity contribution >= 4 is 18.2 Å². The standard InChI is InChI=1S/C21H24O6/c1-13-5-6-15-16(4-3-8-20(15,12-22)18(23)25-2)21(13)10-17(27-19(21)24)14-7-9-26-11-14/h7,9,11-13,17H,3-6,8,10H2,1-2H3/t13-,17?,20+,21-/m1/s1. The third-order valence-electron chi connectivity index (χ3n) is 6.89. The van der Waals surface area contributed by atoms with Gasteiger partial charge >= 0.3 is 11.9 Å². The van der Waals surface area contributed by atoms with Gasteiger partial charge in [-0.25, -0.2) is 0 Å². The molecule has 3 aliphatic rings. The Hall–Kier alpha value is -2.37. The first kappa shape index (κ1) is 18.0. The van der Waals surface area contributed by atoms with Crippen molar-refractivity contribution in [3.63, 3.8) is 0 Å². The molecule has 0 bridgehead atoms. The Bertz CT molecular complexity index is 807. The predicted molar refractivity (Wildman–Crippen MR) is 94.4 cm³/mol. The quantitative estimate of drug-likeness (QED) is 0.349. The summed E-state index contributed by atoms with van der Waals surface area (Å²) < 4.78 is 15.9. The molecule has 1 unspecified atom stereocenters. The molecule has 1 aromatic heterocycles. The van der Waals surface area contributed by atoms with E-state index in [1.165, 1.54) is 7.11 Å². The molecule has 1 saturated heterocycles. The molecular weight excluding hydrogens is 348 g/mol. The lowest BCUT2D eigenvalue weighted by molar-refractivity contribution is -0.155. The van der Waals surface area contributed by atoms with E-state index in [0.29, 0.717) is 32.1 Å². The third-order valence-corrected chi connectivity index (χ3v) is 6.89. The highest BCUT2D eigenvalue weighted by molar-refractivity contribution is 5.98. The Labute approximate surface area is 157 Å². The summed E-state index contributed by atoms with van der Waals surface area (Å²) in [5.41, 5.74) is 0.520. The fourth-order valence-corrected chi connectivity index (χ4v) is 5.42. The van der Waals surface area contributed by atoms with E-state index in [2.05, 4.69) is 6.92 Å². The molecule has 0 saturated carbocycles. The number of carbonyl (C=O) groups excluding carboxylic acids is 3. The molecule has 2 heterocycles. The van der Waals surface area contributed by atoms with Gasteiger partial charge < -0.3 is 18.7 Å². The zero-order valence-electron chi connectivity index (χ0n) is 15.7. The lowest BCUT2D eigenvalue weighted by atomic mass is 9.54. The second-order valence-electron chi connectivity index (χ2n) is 7.96. The zero-order valence-corrected chi connectivity index (χ0v) is 15.7. The number of rotatable bonds is 3. The van der Waals surface area contributed by atoms with Crippen LogP contribution in [-0.2, 0) is 23.9 Å². The molecule has 144 valence electrons. The molecule has 0 radical (unpaired) electrons. The number of ether oxygens (including phenoxy) is 2.